The molecule has 24 heavy (non-hydrogen) atoms. The maximum absolute atomic E-state index is 12.4. The number of carbonyl (C=O) groups is 1. The lowest BCUT2D eigenvalue weighted by molar-refractivity contribution is 0.102. The lowest BCUT2D eigenvalue weighted by atomic mass is 10.1. The summed E-state index contributed by atoms with van der Waals surface area (Å²) in [5, 5.41) is 6.74. The first-order valence-corrected chi connectivity index (χ1v) is 8.92. The van der Waals surface area contributed by atoms with Gasteiger partial charge in [0.05, 0.1) is 4.90 Å². The molecule has 0 unspecified atom stereocenters. The minimum absolute atomic E-state index is 0.0502. The number of hydrogen-bond acceptors (Lipinski definition) is 4. The zero-order chi connectivity index (χ0) is 18.1. The van der Waals surface area contributed by atoms with Crippen LogP contribution in [0.4, 0.5) is 5.82 Å². The van der Waals surface area contributed by atoms with Crippen LogP contribution in [0.3, 0.4) is 0 Å². The zero-order valence-corrected chi connectivity index (χ0v) is 15.2. The van der Waals surface area contributed by atoms with Crippen LogP contribution in [0, 0.1) is 6.92 Å². The van der Waals surface area contributed by atoms with E-state index in [1.54, 1.807) is 57.8 Å². The van der Waals surface area contributed by atoms with Crippen LogP contribution in [0.15, 0.2) is 35.4 Å². The van der Waals surface area contributed by atoms with Crippen LogP contribution in [0.25, 0.3) is 0 Å². The SMILES string of the molecule is Cc1ccc(S(=O)(=O)NC(C)(C)C)cc1C(=O)Nc1ccn(C)n1. The van der Waals surface area contributed by atoms with Crippen molar-refractivity contribution in [1.29, 1.82) is 0 Å². The second-order valence-electron chi connectivity index (χ2n) is 6.66. The Hall–Kier alpha value is -2.19. The summed E-state index contributed by atoms with van der Waals surface area (Å²) in [5.74, 6) is 0.00184. The maximum Gasteiger partial charge on any atom is 0.257 e. The summed E-state index contributed by atoms with van der Waals surface area (Å²) in [5.41, 5.74) is 0.357. The van der Waals surface area contributed by atoms with Crippen molar-refractivity contribution in [2.45, 2.75) is 38.1 Å². The largest absolute Gasteiger partial charge is 0.305 e. The molecule has 130 valence electrons. The van der Waals surface area contributed by atoms with Crippen molar-refractivity contribution in [1.82, 2.24) is 14.5 Å². The van der Waals surface area contributed by atoms with Crippen molar-refractivity contribution >= 4 is 21.7 Å². The molecule has 8 heteroatoms. The van der Waals surface area contributed by atoms with Gasteiger partial charge in [-0.2, -0.15) is 5.10 Å². The molecule has 0 aliphatic heterocycles. The molecule has 0 saturated carbocycles. The number of aromatic nitrogens is 2. The fourth-order valence-corrected chi connectivity index (χ4v) is 3.58. The Morgan fingerprint density at radius 2 is 1.88 bits per heavy atom. The summed E-state index contributed by atoms with van der Waals surface area (Å²) in [6.45, 7) is 7.02. The van der Waals surface area contributed by atoms with Crippen molar-refractivity contribution in [3.05, 3.63) is 41.6 Å². The van der Waals surface area contributed by atoms with Gasteiger partial charge in [-0.25, -0.2) is 13.1 Å². The molecular weight excluding hydrogens is 328 g/mol. The average molecular weight is 350 g/mol. The third-order valence-electron chi connectivity index (χ3n) is 3.16. The fraction of sp³-hybridized carbons (Fsp3) is 0.375. The van der Waals surface area contributed by atoms with Crippen molar-refractivity contribution in [3.8, 4) is 0 Å². The van der Waals surface area contributed by atoms with Gasteiger partial charge in [0.15, 0.2) is 5.82 Å². The predicted molar refractivity (Wildman–Crippen MR) is 92.4 cm³/mol. The van der Waals surface area contributed by atoms with Gasteiger partial charge < -0.3 is 5.32 Å². The minimum atomic E-state index is -3.71. The van der Waals surface area contributed by atoms with E-state index in [1.807, 2.05) is 0 Å². The number of amides is 1. The van der Waals surface area contributed by atoms with Crippen molar-refractivity contribution < 1.29 is 13.2 Å². The molecule has 1 aromatic heterocycles. The predicted octanol–water partition coefficient (Wildman–Crippen LogP) is 2.06. The normalized spacial score (nSPS) is 12.2. The van der Waals surface area contributed by atoms with E-state index in [-0.39, 0.29) is 10.5 Å². The maximum atomic E-state index is 12.4. The summed E-state index contributed by atoms with van der Waals surface area (Å²) in [6.07, 6.45) is 1.70. The molecule has 0 aliphatic carbocycles. The second-order valence-corrected chi connectivity index (χ2v) is 8.34. The molecule has 1 heterocycles. The highest BCUT2D eigenvalue weighted by Crippen LogP contribution is 2.18. The summed E-state index contributed by atoms with van der Waals surface area (Å²) in [6, 6.07) is 6.14. The monoisotopic (exact) mass is 350 g/mol. The van der Waals surface area contributed by atoms with Gasteiger partial charge in [0.2, 0.25) is 10.0 Å². The highest BCUT2D eigenvalue weighted by atomic mass is 32.2. The zero-order valence-electron chi connectivity index (χ0n) is 14.4. The van der Waals surface area contributed by atoms with E-state index in [0.29, 0.717) is 11.4 Å². The highest BCUT2D eigenvalue weighted by molar-refractivity contribution is 7.89. The number of nitrogens with one attached hydrogen (secondary N) is 2. The number of benzene rings is 1. The topological polar surface area (TPSA) is 93.1 Å². The Morgan fingerprint density at radius 1 is 1.21 bits per heavy atom. The van der Waals surface area contributed by atoms with E-state index >= 15 is 0 Å². The standard InChI is InChI=1S/C16H22N4O3S/c1-11-6-7-12(24(22,23)19-16(2,3)4)10-13(11)15(21)17-14-8-9-20(5)18-14/h6-10,19H,1-5H3,(H,17,18,21). The van der Waals surface area contributed by atoms with Gasteiger partial charge in [0, 0.05) is 30.4 Å². The van der Waals surface area contributed by atoms with Crippen LogP contribution in [-0.4, -0.2) is 29.6 Å². The molecule has 7 nitrogen and oxygen atoms in total. The van der Waals surface area contributed by atoms with E-state index in [0.717, 1.165) is 0 Å². The molecule has 1 aromatic carbocycles. The molecule has 0 fully saturated rings. The molecule has 0 aliphatic rings. The molecule has 2 aromatic rings. The van der Waals surface area contributed by atoms with Gasteiger partial charge in [-0.05, 0) is 45.4 Å². The molecule has 0 saturated heterocycles. The number of nitrogens with zero attached hydrogens (tertiary/aromatic N) is 2. The summed E-state index contributed by atoms with van der Waals surface area (Å²) >= 11 is 0. The number of aryl methyl sites for hydroxylation is 2. The third kappa shape index (κ3) is 4.42. The quantitative estimate of drug-likeness (QED) is 0.883. The van der Waals surface area contributed by atoms with Gasteiger partial charge in [0.25, 0.3) is 5.91 Å². The molecule has 2 rings (SSSR count). The van der Waals surface area contributed by atoms with Crippen LogP contribution in [0.2, 0.25) is 0 Å². The van der Waals surface area contributed by atoms with E-state index < -0.39 is 21.5 Å². The van der Waals surface area contributed by atoms with E-state index in [9.17, 15) is 13.2 Å². The van der Waals surface area contributed by atoms with Crippen LogP contribution in [0.5, 0.6) is 0 Å². The average Bonchev–Trinajstić information content (AvgIpc) is 2.81. The van der Waals surface area contributed by atoms with Crippen LogP contribution >= 0.6 is 0 Å². The van der Waals surface area contributed by atoms with Crippen LogP contribution in [0.1, 0.15) is 36.7 Å². The van der Waals surface area contributed by atoms with Crippen molar-refractivity contribution in [2.24, 2.45) is 7.05 Å². The molecule has 2 N–H and O–H groups in total. The Bertz CT molecular complexity index is 864. The first-order valence-electron chi connectivity index (χ1n) is 7.43. The lowest BCUT2D eigenvalue weighted by Crippen LogP contribution is -2.40. The number of rotatable bonds is 4. The Morgan fingerprint density at radius 3 is 2.42 bits per heavy atom. The van der Waals surface area contributed by atoms with Crippen LogP contribution < -0.4 is 10.0 Å². The number of hydrogen-bond donors (Lipinski definition) is 2. The van der Waals surface area contributed by atoms with Gasteiger partial charge in [0.1, 0.15) is 0 Å². The third-order valence-corrected chi connectivity index (χ3v) is 4.92. The van der Waals surface area contributed by atoms with Gasteiger partial charge in [-0.1, -0.05) is 6.07 Å². The second kappa shape index (κ2) is 6.37. The first-order chi connectivity index (χ1) is 11.0. The Balaban J connectivity index is 2.33. The molecule has 1 amide bonds. The van der Waals surface area contributed by atoms with Crippen LogP contribution in [-0.2, 0) is 17.1 Å². The van der Waals surface area contributed by atoms with E-state index in [4.69, 9.17) is 0 Å². The summed E-state index contributed by atoms with van der Waals surface area (Å²) in [7, 11) is -1.97. The molecule has 0 spiro atoms. The van der Waals surface area contributed by atoms with E-state index in [2.05, 4.69) is 15.1 Å². The first kappa shape index (κ1) is 18.2. The summed E-state index contributed by atoms with van der Waals surface area (Å²) < 4.78 is 29.0. The fourth-order valence-electron chi connectivity index (χ4n) is 2.14. The van der Waals surface area contributed by atoms with Crippen molar-refractivity contribution in [2.75, 3.05) is 5.32 Å². The molecule has 0 bridgehead atoms. The Kier molecular flexibility index (Phi) is 4.82. The van der Waals surface area contributed by atoms with Crippen molar-refractivity contribution in [3.63, 3.8) is 0 Å². The minimum Gasteiger partial charge on any atom is -0.305 e. The molecule has 0 atom stereocenters. The smallest absolute Gasteiger partial charge is 0.257 e. The number of anilines is 1. The lowest BCUT2D eigenvalue weighted by Gasteiger charge is -2.20. The number of carbonyl (C=O) groups excluding carboxylic acids is 1. The Labute approximate surface area is 142 Å². The molecule has 0 radical (unpaired) electrons. The number of sulfonamides is 1. The molecular formula is C16H22N4O3S. The van der Waals surface area contributed by atoms with E-state index in [1.165, 1.54) is 12.1 Å². The van der Waals surface area contributed by atoms with Gasteiger partial charge in [-0.3, -0.25) is 9.48 Å². The van der Waals surface area contributed by atoms with Gasteiger partial charge >= 0.3 is 0 Å². The summed E-state index contributed by atoms with van der Waals surface area (Å²) in [4.78, 5) is 12.5. The highest BCUT2D eigenvalue weighted by Gasteiger charge is 2.23. The van der Waals surface area contributed by atoms with Gasteiger partial charge in [-0.15, -0.1) is 0 Å².